The highest BCUT2D eigenvalue weighted by Gasteiger charge is 2.42. The summed E-state index contributed by atoms with van der Waals surface area (Å²) in [5, 5.41) is 10.6. The molecular formula is C20H23ClF3N3O4. The van der Waals surface area contributed by atoms with Gasteiger partial charge in [-0.2, -0.15) is 8.78 Å². The number of benzene rings is 1. The van der Waals surface area contributed by atoms with Crippen molar-refractivity contribution in [3.8, 4) is 0 Å². The van der Waals surface area contributed by atoms with Gasteiger partial charge in [0.1, 0.15) is 5.82 Å². The number of hydrogen-bond donors (Lipinski definition) is 1. The smallest absolute Gasteiger partial charge is 0.333 e. The number of aliphatic hydroxyl groups excluding tert-OH is 1. The lowest BCUT2D eigenvalue weighted by Crippen LogP contribution is -2.47. The summed E-state index contributed by atoms with van der Waals surface area (Å²) in [5.74, 6) is -4.11. The fourth-order valence-electron chi connectivity index (χ4n) is 2.52. The second-order valence-corrected chi connectivity index (χ2v) is 6.67. The summed E-state index contributed by atoms with van der Waals surface area (Å²) in [4.78, 5) is 29.7. The minimum atomic E-state index is -3.25. The number of alkyl halides is 2. The van der Waals surface area contributed by atoms with Gasteiger partial charge >= 0.3 is 6.03 Å². The Morgan fingerprint density at radius 2 is 2.00 bits per heavy atom. The first-order valence-electron chi connectivity index (χ1n) is 8.98. The third-order valence-corrected chi connectivity index (χ3v) is 4.49. The van der Waals surface area contributed by atoms with Crippen LogP contribution in [0.1, 0.15) is 25.8 Å². The topological polar surface area (TPSA) is 82.4 Å². The van der Waals surface area contributed by atoms with Crippen LogP contribution in [0, 0.1) is 5.82 Å². The van der Waals surface area contributed by atoms with Crippen LogP contribution in [0.5, 0.6) is 0 Å². The molecule has 170 valence electrons. The highest BCUT2D eigenvalue weighted by Crippen LogP contribution is 2.37. The molecule has 2 amide bonds. The molecule has 2 rings (SSSR count). The number of rotatable bonds is 7. The Labute approximate surface area is 183 Å². The number of anilines is 1. The maximum atomic E-state index is 14.6. The molecule has 0 fully saturated rings. The SMILES string of the molecule is C=C1C=C(C(F)(F)CC)N(C)C(=O)N1c1cc(/C=N/OC(C)C=O)c(Cl)cc1F.CO. The normalized spacial score (nSPS) is 15.5. The van der Waals surface area contributed by atoms with Gasteiger partial charge in [-0.3, -0.25) is 14.6 Å². The minimum Gasteiger partial charge on any atom is -0.400 e. The first-order chi connectivity index (χ1) is 14.5. The van der Waals surface area contributed by atoms with Crippen LogP contribution in [0.15, 0.2) is 41.3 Å². The van der Waals surface area contributed by atoms with E-state index in [0.717, 1.165) is 35.3 Å². The quantitative estimate of drug-likeness (QED) is 0.372. The van der Waals surface area contributed by atoms with E-state index in [1.54, 1.807) is 0 Å². The van der Waals surface area contributed by atoms with Crippen molar-refractivity contribution in [1.29, 1.82) is 0 Å². The number of carbonyl (C=O) groups is 2. The summed E-state index contributed by atoms with van der Waals surface area (Å²) >= 11 is 5.99. The molecule has 0 aliphatic carbocycles. The van der Waals surface area contributed by atoms with E-state index >= 15 is 0 Å². The van der Waals surface area contributed by atoms with Crippen LogP contribution in [0.2, 0.25) is 5.02 Å². The Hall–Kier alpha value is -2.85. The molecule has 7 nitrogen and oxygen atoms in total. The van der Waals surface area contributed by atoms with Crippen molar-refractivity contribution in [2.24, 2.45) is 5.16 Å². The third kappa shape index (κ3) is 5.86. The van der Waals surface area contributed by atoms with Gasteiger partial charge in [-0.15, -0.1) is 0 Å². The van der Waals surface area contributed by atoms with E-state index in [0.29, 0.717) is 6.29 Å². The number of amides is 2. The molecule has 1 N–H and O–H groups in total. The Balaban J connectivity index is 0.00000233. The number of carbonyl (C=O) groups excluding carboxylic acids is 2. The van der Waals surface area contributed by atoms with Gasteiger partial charge in [0.05, 0.1) is 22.6 Å². The van der Waals surface area contributed by atoms with Crippen molar-refractivity contribution in [3.05, 3.63) is 52.6 Å². The van der Waals surface area contributed by atoms with Gasteiger partial charge < -0.3 is 9.94 Å². The van der Waals surface area contributed by atoms with Crippen LogP contribution in [-0.4, -0.2) is 54.7 Å². The van der Waals surface area contributed by atoms with Crippen molar-refractivity contribution in [2.45, 2.75) is 32.3 Å². The summed E-state index contributed by atoms with van der Waals surface area (Å²) in [6.07, 6.45) is 1.38. The van der Waals surface area contributed by atoms with Crippen molar-refractivity contribution in [3.63, 3.8) is 0 Å². The lowest BCUT2D eigenvalue weighted by Gasteiger charge is -2.37. The van der Waals surface area contributed by atoms with E-state index in [-0.39, 0.29) is 22.0 Å². The molecule has 0 radical (unpaired) electrons. The fraction of sp³-hybridized carbons (Fsp3) is 0.350. The molecule has 1 aliphatic rings. The average molecular weight is 462 g/mol. The summed E-state index contributed by atoms with van der Waals surface area (Å²) in [7, 11) is 2.17. The third-order valence-electron chi connectivity index (χ3n) is 4.17. The zero-order chi connectivity index (χ0) is 23.9. The van der Waals surface area contributed by atoms with Crippen LogP contribution in [-0.2, 0) is 9.63 Å². The molecule has 0 bridgehead atoms. The van der Waals surface area contributed by atoms with E-state index in [2.05, 4.69) is 11.7 Å². The summed E-state index contributed by atoms with van der Waals surface area (Å²) in [5.41, 5.74) is -0.737. The predicted octanol–water partition coefficient (Wildman–Crippen LogP) is 4.34. The maximum Gasteiger partial charge on any atom is 0.333 e. The first-order valence-corrected chi connectivity index (χ1v) is 9.36. The van der Waals surface area contributed by atoms with Gasteiger partial charge in [-0.25, -0.2) is 9.18 Å². The highest BCUT2D eigenvalue weighted by molar-refractivity contribution is 6.33. The Morgan fingerprint density at radius 1 is 1.39 bits per heavy atom. The van der Waals surface area contributed by atoms with E-state index < -0.39 is 36.0 Å². The molecule has 1 aromatic carbocycles. The molecule has 1 atom stereocenters. The van der Waals surface area contributed by atoms with Crippen LogP contribution >= 0.6 is 11.6 Å². The number of aldehydes is 1. The van der Waals surface area contributed by atoms with E-state index in [4.69, 9.17) is 21.5 Å². The zero-order valence-corrected chi connectivity index (χ0v) is 18.2. The predicted molar refractivity (Wildman–Crippen MR) is 112 cm³/mol. The molecule has 31 heavy (non-hydrogen) atoms. The second kappa shape index (κ2) is 11.0. The summed E-state index contributed by atoms with van der Waals surface area (Å²) in [6.45, 7) is 6.36. The molecule has 0 aromatic heterocycles. The van der Waals surface area contributed by atoms with Crippen LogP contribution < -0.4 is 4.90 Å². The number of allylic oxidation sites excluding steroid dienone is 2. The molecule has 1 heterocycles. The Bertz CT molecular complexity index is 906. The molecule has 0 saturated heterocycles. The van der Waals surface area contributed by atoms with E-state index in [9.17, 15) is 22.8 Å². The van der Waals surface area contributed by atoms with Gasteiger partial charge in [0.15, 0.2) is 12.4 Å². The van der Waals surface area contributed by atoms with E-state index in [1.165, 1.54) is 27.0 Å². The molecular weight excluding hydrogens is 439 g/mol. The minimum absolute atomic E-state index is 0.0328. The maximum absolute atomic E-state index is 14.6. The monoisotopic (exact) mass is 461 g/mol. The van der Waals surface area contributed by atoms with Crippen LogP contribution in [0.3, 0.4) is 0 Å². The second-order valence-electron chi connectivity index (χ2n) is 6.26. The van der Waals surface area contributed by atoms with Crippen molar-refractivity contribution >= 4 is 35.8 Å². The Kier molecular flexibility index (Phi) is 9.26. The van der Waals surface area contributed by atoms with Crippen molar-refractivity contribution in [1.82, 2.24) is 4.90 Å². The molecule has 1 unspecified atom stereocenters. The largest absolute Gasteiger partial charge is 0.400 e. The van der Waals surface area contributed by atoms with E-state index in [1.807, 2.05) is 0 Å². The van der Waals surface area contributed by atoms with Gasteiger partial charge in [0, 0.05) is 31.8 Å². The molecule has 0 saturated carbocycles. The molecule has 11 heteroatoms. The standard InChI is InChI=1S/C19H19ClF3N3O3.CH4O/c1-5-19(22,23)17-6-11(2)26(18(28)25(17)4)16-7-13(14(20)8-15(16)21)9-24-29-12(3)10-27;1-2/h6-10,12H,2,5H2,1,3-4H3;2H,1H3/b24-9+;. The van der Waals surface area contributed by atoms with Crippen molar-refractivity contribution in [2.75, 3.05) is 19.1 Å². The number of oxime groups is 1. The zero-order valence-electron chi connectivity index (χ0n) is 17.4. The number of hydrogen-bond acceptors (Lipinski definition) is 5. The Morgan fingerprint density at radius 3 is 2.55 bits per heavy atom. The molecule has 1 aliphatic heterocycles. The number of halogens is 4. The fourth-order valence-corrected chi connectivity index (χ4v) is 2.72. The van der Waals surface area contributed by atoms with Crippen LogP contribution in [0.4, 0.5) is 23.7 Å². The lowest BCUT2D eigenvalue weighted by molar-refractivity contribution is -0.116. The number of urea groups is 1. The molecule has 1 aromatic rings. The van der Waals surface area contributed by atoms with Crippen molar-refractivity contribution < 1.29 is 32.7 Å². The number of nitrogens with zero attached hydrogens (tertiary/aromatic N) is 3. The lowest BCUT2D eigenvalue weighted by atomic mass is 10.1. The number of aliphatic hydroxyl groups is 1. The van der Waals surface area contributed by atoms with Gasteiger partial charge in [-0.1, -0.05) is 30.3 Å². The summed E-state index contributed by atoms with van der Waals surface area (Å²) in [6, 6.07) is 1.24. The first kappa shape index (κ1) is 26.2. The highest BCUT2D eigenvalue weighted by atomic mass is 35.5. The van der Waals surface area contributed by atoms with Gasteiger partial charge in [-0.05, 0) is 25.1 Å². The van der Waals surface area contributed by atoms with Gasteiger partial charge in [0.2, 0.25) is 0 Å². The summed E-state index contributed by atoms with van der Waals surface area (Å²) < 4.78 is 42.8. The van der Waals surface area contributed by atoms with Crippen LogP contribution in [0.25, 0.3) is 0 Å². The molecule has 0 spiro atoms. The average Bonchev–Trinajstić information content (AvgIpc) is 2.74. The van der Waals surface area contributed by atoms with Gasteiger partial charge in [0.25, 0.3) is 5.92 Å².